The zero-order valence-corrected chi connectivity index (χ0v) is 14.5. The number of hydrogen-bond acceptors (Lipinski definition) is 5. The van der Waals surface area contributed by atoms with Crippen LogP contribution < -0.4 is 10.1 Å². The minimum absolute atomic E-state index is 0.224. The van der Waals surface area contributed by atoms with Gasteiger partial charge in [-0.15, -0.1) is 0 Å². The summed E-state index contributed by atoms with van der Waals surface area (Å²) >= 11 is 0. The Morgan fingerprint density at radius 2 is 1.85 bits per heavy atom. The van der Waals surface area contributed by atoms with E-state index in [-0.39, 0.29) is 24.1 Å². The summed E-state index contributed by atoms with van der Waals surface area (Å²) in [5, 5.41) is 3.79. The third kappa shape index (κ3) is 3.85. The van der Waals surface area contributed by atoms with E-state index in [2.05, 4.69) is 5.32 Å². The summed E-state index contributed by atoms with van der Waals surface area (Å²) in [5.41, 5.74) is 1.04. The zero-order valence-electron chi connectivity index (χ0n) is 14.5. The fourth-order valence-corrected chi connectivity index (χ4v) is 2.58. The maximum absolute atomic E-state index is 12.2. The van der Waals surface area contributed by atoms with E-state index in [0.717, 1.165) is 11.0 Å². The number of amides is 1. The van der Waals surface area contributed by atoms with Gasteiger partial charge in [0.1, 0.15) is 22.7 Å². The first-order valence-corrected chi connectivity index (χ1v) is 8.16. The molecule has 1 amide bonds. The number of hydrogen-bond donors (Lipinski definition) is 1. The number of fused-ring (bicyclic) bond motifs is 1. The van der Waals surface area contributed by atoms with Gasteiger partial charge in [0.25, 0.3) is 5.91 Å². The van der Waals surface area contributed by atoms with Crippen molar-refractivity contribution < 1.29 is 23.5 Å². The number of furan rings is 1. The standard InChI is InChI=1S/C20H19NO5/c1-13(18-11-14-7-3-5-9-16(14)26-18)21-19(22)12-25-17-10-6-4-8-15(17)20(23)24-2/h3-11,13H,12H2,1-2H3,(H,21,22)/t13-/m0/s1. The van der Waals surface area contributed by atoms with E-state index in [4.69, 9.17) is 13.9 Å². The second kappa shape index (κ2) is 7.74. The van der Waals surface area contributed by atoms with Crippen LogP contribution >= 0.6 is 0 Å². The van der Waals surface area contributed by atoms with Gasteiger partial charge in [0.05, 0.1) is 13.2 Å². The monoisotopic (exact) mass is 353 g/mol. The van der Waals surface area contributed by atoms with Gasteiger partial charge < -0.3 is 19.2 Å². The van der Waals surface area contributed by atoms with Gasteiger partial charge in [-0.1, -0.05) is 30.3 Å². The largest absolute Gasteiger partial charge is 0.483 e. The molecule has 3 aromatic rings. The molecule has 1 aromatic heterocycles. The van der Waals surface area contributed by atoms with Gasteiger partial charge in [0, 0.05) is 5.39 Å². The number of carbonyl (C=O) groups is 2. The van der Waals surface area contributed by atoms with Crippen LogP contribution in [-0.2, 0) is 9.53 Å². The van der Waals surface area contributed by atoms with Gasteiger partial charge in [-0.25, -0.2) is 4.79 Å². The van der Waals surface area contributed by atoms with Gasteiger partial charge in [-0.2, -0.15) is 0 Å². The van der Waals surface area contributed by atoms with Crippen LogP contribution in [0.1, 0.15) is 29.1 Å². The molecule has 0 aliphatic carbocycles. The Morgan fingerprint density at radius 1 is 1.12 bits per heavy atom. The number of carbonyl (C=O) groups excluding carboxylic acids is 2. The SMILES string of the molecule is COC(=O)c1ccccc1OCC(=O)N[C@@H](C)c1cc2ccccc2o1. The van der Waals surface area contributed by atoms with E-state index in [1.807, 2.05) is 37.3 Å². The molecule has 1 atom stereocenters. The number of ether oxygens (including phenoxy) is 2. The first-order chi connectivity index (χ1) is 12.6. The van der Waals surface area contributed by atoms with Crippen molar-refractivity contribution in [1.29, 1.82) is 0 Å². The minimum atomic E-state index is -0.517. The van der Waals surface area contributed by atoms with Gasteiger partial charge in [0.2, 0.25) is 0 Å². The van der Waals surface area contributed by atoms with Gasteiger partial charge >= 0.3 is 5.97 Å². The topological polar surface area (TPSA) is 77.8 Å². The quantitative estimate of drug-likeness (QED) is 0.687. The molecule has 0 aliphatic rings. The highest BCUT2D eigenvalue weighted by atomic mass is 16.5. The second-order valence-electron chi connectivity index (χ2n) is 5.75. The summed E-state index contributed by atoms with van der Waals surface area (Å²) in [7, 11) is 1.29. The highest BCUT2D eigenvalue weighted by Crippen LogP contribution is 2.23. The lowest BCUT2D eigenvalue weighted by Gasteiger charge is -2.13. The lowest BCUT2D eigenvalue weighted by molar-refractivity contribution is -0.123. The van der Waals surface area contributed by atoms with Crippen molar-refractivity contribution in [2.24, 2.45) is 0 Å². The Morgan fingerprint density at radius 3 is 2.62 bits per heavy atom. The van der Waals surface area contributed by atoms with Crippen molar-refractivity contribution >= 4 is 22.8 Å². The maximum Gasteiger partial charge on any atom is 0.341 e. The number of benzene rings is 2. The smallest absolute Gasteiger partial charge is 0.341 e. The molecule has 3 rings (SSSR count). The van der Waals surface area contributed by atoms with Crippen molar-refractivity contribution in [1.82, 2.24) is 5.32 Å². The third-order valence-corrected chi connectivity index (χ3v) is 3.90. The Balaban J connectivity index is 1.61. The molecule has 0 saturated heterocycles. The van der Waals surface area contributed by atoms with Crippen LogP contribution in [0.25, 0.3) is 11.0 Å². The van der Waals surface area contributed by atoms with E-state index < -0.39 is 5.97 Å². The lowest BCUT2D eigenvalue weighted by Crippen LogP contribution is -2.31. The van der Waals surface area contributed by atoms with Gasteiger partial charge in [0.15, 0.2) is 6.61 Å². The number of esters is 1. The molecule has 1 heterocycles. The molecule has 0 saturated carbocycles. The molecule has 0 spiro atoms. The van der Waals surface area contributed by atoms with E-state index in [0.29, 0.717) is 11.5 Å². The Hall–Kier alpha value is -3.28. The molecule has 0 aliphatic heterocycles. The maximum atomic E-state index is 12.2. The summed E-state index contributed by atoms with van der Waals surface area (Å²) in [6, 6.07) is 15.8. The molecule has 0 fully saturated rings. The average Bonchev–Trinajstić information content (AvgIpc) is 3.10. The Labute approximate surface area is 150 Å². The van der Waals surface area contributed by atoms with Crippen molar-refractivity contribution in [3.05, 3.63) is 65.9 Å². The van der Waals surface area contributed by atoms with Crippen LogP contribution in [0.4, 0.5) is 0 Å². The summed E-state index contributed by atoms with van der Waals surface area (Å²) in [4.78, 5) is 23.9. The predicted molar refractivity (Wildman–Crippen MR) is 96.0 cm³/mol. The van der Waals surface area contributed by atoms with Crippen LogP contribution in [0, 0.1) is 0 Å². The Kier molecular flexibility index (Phi) is 5.22. The molecule has 0 radical (unpaired) electrons. The van der Waals surface area contributed by atoms with E-state index in [1.165, 1.54) is 7.11 Å². The molecule has 1 N–H and O–H groups in total. The van der Waals surface area contributed by atoms with E-state index in [9.17, 15) is 9.59 Å². The zero-order chi connectivity index (χ0) is 18.5. The molecule has 0 bridgehead atoms. The second-order valence-corrected chi connectivity index (χ2v) is 5.75. The molecule has 0 unspecified atom stereocenters. The molecule has 134 valence electrons. The van der Waals surface area contributed by atoms with Crippen LogP contribution in [-0.4, -0.2) is 25.6 Å². The number of methoxy groups -OCH3 is 1. The van der Waals surface area contributed by atoms with Crippen LogP contribution in [0.2, 0.25) is 0 Å². The molecule has 6 heteroatoms. The molecule has 2 aromatic carbocycles. The summed E-state index contributed by atoms with van der Waals surface area (Å²) in [6.45, 7) is 1.61. The molecule has 26 heavy (non-hydrogen) atoms. The third-order valence-electron chi connectivity index (χ3n) is 3.90. The number of para-hydroxylation sites is 2. The summed E-state index contributed by atoms with van der Waals surface area (Å²) in [5.74, 6) is 0.120. The van der Waals surface area contributed by atoms with E-state index in [1.54, 1.807) is 24.3 Å². The van der Waals surface area contributed by atoms with Crippen LogP contribution in [0.15, 0.2) is 59.0 Å². The Bertz CT molecular complexity index is 898. The van der Waals surface area contributed by atoms with Crippen molar-refractivity contribution in [2.75, 3.05) is 13.7 Å². The fourth-order valence-electron chi connectivity index (χ4n) is 2.58. The molecular weight excluding hydrogens is 334 g/mol. The summed E-state index contributed by atoms with van der Waals surface area (Å²) in [6.07, 6.45) is 0. The highest BCUT2D eigenvalue weighted by molar-refractivity contribution is 5.92. The predicted octanol–water partition coefficient (Wildman–Crippen LogP) is 3.48. The van der Waals surface area contributed by atoms with Crippen molar-refractivity contribution in [3.63, 3.8) is 0 Å². The van der Waals surface area contributed by atoms with E-state index >= 15 is 0 Å². The average molecular weight is 353 g/mol. The molecule has 6 nitrogen and oxygen atoms in total. The minimum Gasteiger partial charge on any atom is -0.483 e. The van der Waals surface area contributed by atoms with Crippen LogP contribution in [0.3, 0.4) is 0 Å². The van der Waals surface area contributed by atoms with Gasteiger partial charge in [-0.3, -0.25) is 4.79 Å². The lowest BCUT2D eigenvalue weighted by atomic mass is 10.2. The van der Waals surface area contributed by atoms with Crippen LogP contribution in [0.5, 0.6) is 5.75 Å². The number of nitrogens with one attached hydrogen (secondary N) is 1. The van der Waals surface area contributed by atoms with Crippen molar-refractivity contribution in [3.8, 4) is 5.75 Å². The van der Waals surface area contributed by atoms with Gasteiger partial charge in [-0.05, 0) is 31.2 Å². The summed E-state index contributed by atoms with van der Waals surface area (Å²) < 4.78 is 15.9. The van der Waals surface area contributed by atoms with Crippen molar-refractivity contribution in [2.45, 2.75) is 13.0 Å². The fraction of sp³-hybridized carbons (Fsp3) is 0.200. The number of rotatable bonds is 6. The normalized spacial score (nSPS) is 11.8. The first-order valence-electron chi connectivity index (χ1n) is 8.16. The molecular formula is C20H19NO5. The first kappa shape index (κ1) is 17.5. The highest BCUT2D eigenvalue weighted by Gasteiger charge is 2.16.